The van der Waals surface area contributed by atoms with Gasteiger partial charge in [0.1, 0.15) is 24.0 Å². The van der Waals surface area contributed by atoms with E-state index in [1.165, 1.54) is 0 Å². The normalized spacial score (nSPS) is 20.3. The average Bonchev–Trinajstić information content (AvgIpc) is 3.07. The highest BCUT2D eigenvalue weighted by molar-refractivity contribution is 5.86. The highest BCUT2D eigenvalue weighted by Gasteiger charge is 2.32. The van der Waals surface area contributed by atoms with Crippen molar-refractivity contribution in [3.05, 3.63) is 41.5 Å². The molecule has 2 aromatic heterocycles. The standard InChI is InChI=1S/C18H16N4O2/c1-10-7-16(20-14-8-11(2)24-18(14)23)22-15-6-4-3-5-13(15)21-17(22)12(10)9-19/h3-7,11,14,20H,8H2,1-2H3/t11-,14-/m0/s1. The van der Waals surface area contributed by atoms with Crippen LogP contribution < -0.4 is 5.32 Å². The molecular formula is C18H16N4O2. The zero-order valence-electron chi connectivity index (χ0n) is 13.4. The van der Waals surface area contributed by atoms with Gasteiger partial charge in [-0.25, -0.2) is 9.78 Å². The molecule has 1 aliphatic heterocycles. The largest absolute Gasteiger partial charge is 0.461 e. The first-order valence-corrected chi connectivity index (χ1v) is 7.86. The van der Waals surface area contributed by atoms with Crippen molar-refractivity contribution < 1.29 is 9.53 Å². The predicted molar refractivity (Wildman–Crippen MR) is 89.7 cm³/mol. The minimum Gasteiger partial charge on any atom is -0.461 e. The molecule has 0 saturated carbocycles. The number of nitrogens with one attached hydrogen (secondary N) is 1. The second kappa shape index (κ2) is 5.24. The van der Waals surface area contributed by atoms with Gasteiger partial charge in [0.25, 0.3) is 0 Å². The number of hydrogen-bond donors (Lipinski definition) is 1. The van der Waals surface area contributed by atoms with Crippen molar-refractivity contribution in [3.8, 4) is 6.07 Å². The Morgan fingerprint density at radius 1 is 1.42 bits per heavy atom. The topological polar surface area (TPSA) is 79.4 Å². The molecule has 2 atom stereocenters. The van der Waals surface area contributed by atoms with Crippen LogP contribution in [0.5, 0.6) is 0 Å². The number of esters is 1. The van der Waals surface area contributed by atoms with Crippen LogP contribution in [0, 0.1) is 18.3 Å². The van der Waals surface area contributed by atoms with Gasteiger partial charge in [-0.15, -0.1) is 0 Å². The van der Waals surface area contributed by atoms with Crippen molar-refractivity contribution in [3.63, 3.8) is 0 Å². The fourth-order valence-corrected chi connectivity index (χ4v) is 3.25. The second-order valence-corrected chi connectivity index (χ2v) is 6.14. The van der Waals surface area contributed by atoms with Crippen LogP contribution in [0.15, 0.2) is 30.3 Å². The van der Waals surface area contributed by atoms with E-state index in [-0.39, 0.29) is 12.1 Å². The lowest BCUT2D eigenvalue weighted by Gasteiger charge is -2.15. The molecule has 0 aliphatic carbocycles. The molecule has 0 radical (unpaired) electrons. The number of ether oxygens (including phenoxy) is 1. The SMILES string of the molecule is Cc1cc(N[C@H]2C[C@H](C)OC2=O)n2c(nc3ccccc32)c1C#N. The fourth-order valence-electron chi connectivity index (χ4n) is 3.25. The Bertz CT molecular complexity index is 1020. The fraction of sp³-hybridized carbons (Fsp3) is 0.278. The number of pyridine rings is 1. The lowest BCUT2D eigenvalue weighted by molar-refractivity contribution is -0.141. The van der Waals surface area contributed by atoms with E-state index < -0.39 is 6.04 Å². The van der Waals surface area contributed by atoms with E-state index in [9.17, 15) is 10.1 Å². The van der Waals surface area contributed by atoms with Crippen molar-refractivity contribution in [1.29, 1.82) is 5.26 Å². The summed E-state index contributed by atoms with van der Waals surface area (Å²) in [5.74, 6) is 0.494. The van der Waals surface area contributed by atoms with Crippen LogP contribution in [0.2, 0.25) is 0 Å². The smallest absolute Gasteiger partial charge is 0.329 e. The Labute approximate surface area is 138 Å². The molecule has 1 fully saturated rings. The third-order valence-electron chi connectivity index (χ3n) is 4.38. The number of anilines is 1. The molecule has 3 heterocycles. The van der Waals surface area contributed by atoms with Crippen molar-refractivity contribution in [2.24, 2.45) is 0 Å². The summed E-state index contributed by atoms with van der Waals surface area (Å²) in [5.41, 5.74) is 3.66. The van der Waals surface area contributed by atoms with Gasteiger partial charge >= 0.3 is 5.97 Å². The maximum Gasteiger partial charge on any atom is 0.329 e. The highest BCUT2D eigenvalue weighted by Crippen LogP contribution is 2.28. The first-order chi connectivity index (χ1) is 11.6. The number of aromatic nitrogens is 2. The highest BCUT2D eigenvalue weighted by atomic mass is 16.6. The monoisotopic (exact) mass is 320 g/mol. The number of hydrogen-bond acceptors (Lipinski definition) is 5. The van der Waals surface area contributed by atoms with Crippen LogP contribution in [0.4, 0.5) is 5.82 Å². The number of para-hydroxylation sites is 2. The van der Waals surface area contributed by atoms with Gasteiger partial charge in [-0.1, -0.05) is 12.1 Å². The Balaban J connectivity index is 1.95. The third kappa shape index (κ3) is 2.09. The Hall–Kier alpha value is -3.07. The lowest BCUT2D eigenvalue weighted by Crippen LogP contribution is -2.25. The molecule has 1 aliphatic rings. The lowest BCUT2D eigenvalue weighted by atomic mass is 10.1. The molecule has 0 amide bonds. The minimum absolute atomic E-state index is 0.0931. The summed E-state index contributed by atoms with van der Waals surface area (Å²) in [4.78, 5) is 16.6. The average molecular weight is 320 g/mol. The summed E-state index contributed by atoms with van der Waals surface area (Å²) >= 11 is 0. The number of carbonyl (C=O) groups excluding carboxylic acids is 1. The van der Waals surface area contributed by atoms with E-state index in [0.29, 0.717) is 17.6 Å². The maximum atomic E-state index is 12.0. The van der Waals surface area contributed by atoms with Gasteiger partial charge in [-0.2, -0.15) is 5.26 Å². The van der Waals surface area contributed by atoms with Gasteiger partial charge in [-0.3, -0.25) is 4.40 Å². The molecule has 6 heteroatoms. The van der Waals surface area contributed by atoms with Crippen LogP contribution in [-0.4, -0.2) is 27.5 Å². The molecule has 0 bridgehead atoms. The Morgan fingerprint density at radius 2 is 2.21 bits per heavy atom. The third-order valence-corrected chi connectivity index (χ3v) is 4.38. The minimum atomic E-state index is -0.392. The summed E-state index contributed by atoms with van der Waals surface area (Å²) in [7, 11) is 0. The van der Waals surface area contributed by atoms with Crippen LogP contribution in [0.25, 0.3) is 16.7 Å². The van der Waals surface area contributed by atoms with Gasteiger partial charge in [0.2, 0.25) is 0 Å². The van der Waals surface area contributed by atoms with E-state index >= 15 is 0 Å². The first kappa shape index (κ1) is 14.5. The van der Waals surface area contributed by atoms with Gasteiger partial charge in [-0.05, 0) is 37.6 Å². The summed E-state index contributed by atoms with van der Waals surface area (Å²) in [6.45, 7) is 3.75. The number of nitrogens with zero attached hydrogens (tertiary/aromatic N) is 3. The second-order valence-electron chi connectivity index (χ2n) is 6.14. The zero-order chi connectivity index (χ0) is 16.8. The molecule has 120 valence electrons. The molecule has 1 aromatic carbocycles. The number of nitriles is 1. The maximum absolute atomic E-state index is 12.0. The number of rotatable bonds is 2. The van der Waals surface area contributed by atoms with Gasteiger partial charge < -0.3 is 10.1 Å². The predicted octanol–water partition coefficient (Wildman–Crippen LogP) is 2.78. The van der Waals surface area contributed by atoms with Gasteiger partial charge in [0, 0.05) is 6.42 Å². The molecule has 0 unspecified atom stereocenters. The Kier molecular flexibility index (Phi) is 3.17. The summed E-state index contributed by atoms with van der Waals surface area (Å²) < 4.78 is 7.12. The van der Waals surface area contributed by atoms with Crippen molar-refractivity contribution >= 4 is 28.5 Å². The van der Waals surface area contributed by atoms with Gasteiger partial charge in [0.05, 0.1) is 16.6 Å². The quantitative estimate of drug-likeness (QED) is 0.735. The van der Waals surface area contributed by atoms with Crippen molar-refractivity contribution in [1.82, 2.24) is 9.38 Å². The Morgan fingerprint density at radius 3 is 2.92 bits per heavy atom. The van der Waals surface area contributed by atoms with Gasteiger partial charge in [0.15, 0.2) is 5.65 Å². The van der Waals surface area contributed by atoms with Crippen LogP contribution >= 0.6 is 0 Å². The van der Waals surface area contributed by atoms with Crippen LogP contribution in [-0.2, 0) is 9.53 Å². The molecule has 3 aromatic rings. The van der Waals surface area contributed by atoms with E-state index in [1.54, 1.807) is 0 Å². The summed E-state index contributed by atoms with van der Waals surface area (Å²) in [6.07, 6.45) is 0.524. The van der Waals surface area contributed by atoms with Crippen molar-refractivity contribution in [2.75, 3.05) is 5.32 Å². The van der Waals surface area contributed by atoms with E-state index in [2.05, 4.69) is 16.4 Å². The molecule has 1 N–H and O–H groups in total. The number of imidazole rings is 1. The van der Waals surface area contributed by atoms with Crippen LogP contribution in [0.3, 0.4) is 0 Å². The van der Waals surface area contributed by atoms with E-state index in [4.69, 9.17) is 4.74 Å². The number of benzene rings is 1. The number of cyclic esters (lactones) is 1. The molecule has 0 spiro atoms. The number of fused-ring (bicyclic) bond motifs is 3. The summed E-state index contributed by atoms with van der Waals surface area (Å²) in [5, 5.41) is 12.8. The zero-order valence-corrected chi connectivity index (χ0v) is 13.4. The van der Waals surface area contributed by atoms with Crippen molar-refractivity contribution in [2.45, 2.75) is 32.4 Å². The summed E-state index contributed by atoms with van der Waals surface area (Å²) in [6, 6.07) is 11.4. The van der Waals surface area contributed by atoms with E-state index in [0.717, 1.165) is 22.4 Å². The van der Waals surface area contributed by atoms with E-state index in [1.807, 2.05) is 48.6 Å². The number of carbonyl (C=O) groups is 1. The molecule has 4 rings (SSSR count). The molecule has 6 nitrogen and oxygen atoms in total. The number of aryl methyl sites for hydroxylation is 1. The molecule has 1 saturated heterocycles. The van der Waals surface area contributed by atoms with Crippen LogP contribution in [0.1, 0.15) is 24.5 Å². The molecular weight excluding hydrogens is 304 g/mol. The first-order valence-electron chi connectivity index (χ1n) is 7.86. The molecule has 24 heavy (non-hydrogen) atoms.